The number of hydrogen-bond acceptors (Lipinski definition) is 5. The Kier molecular flexibility index (Phi) is 5.69. The van der Waals surface area contributed by atoms with Gasteiger partial charge in [-0.05, 0) is 37.1 Å². The van der Waals surface area contributed by atoms with Crippen molar-refractivity contribution in [2.24, 2.45) is 19.1 Å². The molecule has 0 fully saturated rings. The quantitative estimate of drug-likeness (QED) is 0.517. The molecular formula is C18H21N3O3S. The van der Waals surface area contributed by atoms with Gasteiger partial charge in [0.15, 0.2) is 0 Å². The van der Waals surface area contributed by atoms with Crippen molar-refractivity contribution >= 4 is 22.5 Å². The summed E-state index contributed by atoms with van der Waals surface area (Å²) in [6.07, 6.45) is 1.68. The van der Waals surface area contributed by atoms with Gasteiger partial charge < -0.3 is 5.11 Å². The van der Waals surface area contributed by atoms with Gasteiger partial charge in [0.05, 0.1) is 5.69 Å². The van der Waals surface area contributed by atoms with Crippen molar-refractivity contribution in [2.75, 3.05) is 5.75 Å². The summed E-state index contributed by atoms with van der Waals surface area (Å²) in [5, 5.41) is 10.7. The smallest absolute Gasteiger partial charge is 0.333 e. The van der Waals surface area contributed by atoms with Crippen molar-refractivity contribution in [1.29, 1.82) is 0 Å². The van der Waals surface area contributed by atoms with E-state index in [1.807, 2.05) is 32.0 Å². The average molecular weight is 359 g/mol. The normalized spacial score (nSPS) is 11.6. The minimum Gasteiger partial charge on any atom is -0.494 e. The molecule has 25 heavy (non-hydrogen) atoms. The highest BCUT2D eigenvalue weighted by atomic mass is 32.2. The lowest BCUT2D eigenvalue weighted by Crippen LogP contribution is -2.39. The number of nitrogens with zero attached hydrogens (tertiary/aromatic N) is 3. The van der Waals surface area contributed by atoms with Gasteiger partial charge in [0.2, 0.25) is 5.88 Å². The van der Waals surface area contributed by atoms with Gasteiger partial charge in [-0.2, -0.15) is 0 Å². The number of aromatic nitrogens is 2. The number of aryl methyl sites for hydroxylation is 2. The first kappa shape index (κ1) is 18.8. The molecule has 0 saturated heterocycles. The molecule has 0 unspecified atom stereocenters. The SMILES string of the molecule is C=CCSC(=Nc1ccc(C)c(C)c1)c1c(O)n(C)c(=O)n(C)c1=O. The van der Waals surface area contributed by atoms with Crippen LogP contribution in [0, 0.1) is 13.8 Å². The molecule has 7 heteroatoms. The topological polar surface area (TPSA) is 76.6 Å². The van der Waals surface area contributed by atoms with Gasteiger partial charge in [0, 0.05) is 19.8 Å². The zero-order valence-electron chi connectivity index (χ0n) is 14.7. The van der Waals surface area contributed by atoms with E-state index in [0.29, 0.717) is 16.5 Å². The van der Waals surface area contributed by atoms with E-state index in [2.05, 4.69) is 11.6 Å². The maximum atomic E-state index is 12.5. The summed E-state index contributed by atoms with van der Waals surface area (Å²) in [6, 6.07) is 5.70. The van der Waals surface area contributed by atoms with E-state index in [1.165, 1.54) is 25.9 Å². The standard InChI is InChI=1S/C18H21N3O3S/c1-6-9-25-15(19-13-8-7-11(2)12(3)10-13)14-16(22)20(4)18(24)21(5)17(14)23/h6-8,10,22H,1,9H2,2-5H3. The molecule has 2 rings (SSSR count). The van der Waals surface area contributed by atoms with Crippen LogP contribution in [0.5, 0.6) is 5.88 Å². The van der Waals surface area contributed by atoms with Crippen LogP contribution in [0.2, 0.25) is 0 Å². The minimum absolute atomic E-state index is 0.00896. The summed E-state index contributed by atoms with van der Waals surface area (Å²) in [7, 11) is 2.78. The minimum atomic E-state index is -0.592. The summed E-state index contributed by atoms with van der Waals surface area (Å²) in [6.45, 7) is 7.66. The van der Waals surface area contributed by atoms with Crippen LogP contribution in [0.1, 0.15) is 16.7 Å². The van der Waals surface area contributed by atoms with E-state index in [0.717, 1.165) is 20.3 Å². The molecule has 2 aromatic rings. The van der Waals surface area contributed by atoms with Crippen molar-refractivity contribution in [3.05, 3.63) is 68.4 Å². The second kappa shape index (κ2) is 7.57. The fraction of sp³-hybridized carbons (Fsp3) is 0.278. The third-order valence-corrected chi connectivity index (χ3v) is 4.88. The van der Waals surface area contributed by atoms with Crippen LogP contribution in [0.25, 0.3) is 0 Å². The summed E-state index contributed by atoms with van der Waals surface area (Å²) in [5.74, 6) is 0.113. The molecule has 0 saturated carbocycles. The van der Waals surface area contributed by atoms with Crippen LogP contribution < -0.4 is 11.2 Å². The van der Waals surface area contributed by atoms with Crippen molar-refractivity contribution in [1.82, 2.24) is 9.13 Å². The highest BCUT2D eigenvalue weighted by Gasteiger charge is 2.20. The highest BCUT2D eigenvalue weighted by molar-refractivity contribution is 8.14. The second-order valence-electron chi connectivity index (χ2n) is 5.69. The number of aliphatic imine (C=N–C) groups is 1. The fourth-order valence-electron chi connectivity index (χ4n) is 2.23. The van der Waals surface area contributed by atoms with Gasteiger partial charge in [0.25, 0.3) is 5.56 Å². The highest BCUT2D eigenvalue weighted by Crippen LogP contribution is 2.24. The van der Waals surface area contributed by atoms with E-state index >= 15 is 0 Å². The average Bonchev–Trinajstić information content (AvgIpc) is 2.59. The first-order chi connectivity index (χ1) is 11.8. The molecule has 1 aromatic heterocycles. The summed E-state index contributed by atoms with van der Waals surface area (Å²) < 4.78 is 1.99. The Hall–Kier alpha value is -2.54. The predicted molar refractivity (Wildman–Crippen MR) is 103 cm³/mol. The molecular weight excluding hydrogens is 338 g/mol. The maximum Gasteiger partial charge on any atom is 0.333 e. The molecule has 1 heterocycles. The van der Waals surface area contributed by atoms with Gasteiger partial charge in [0.1, 0.15) is 10.6 Å². The number of thioether (sulfide) groups is 1. The van der Waals surface area contributed by atoms with Crippen LogP contribution in [0.4, 0.5) is 5.69 Å². The van der Waals surface area contributed by atoms with E-state index < -0.39 is 17.1 Å². The largest absolute Gasteiger partial charge is 0.494 e. The van der Waals surface area contributed by atoms with E-state index in [-0.39, 0.29) is 5.56 Å². The Bertz CT molecular complexity index is 971. The van der Waals surface area contributed by atoms with Crippen molar-refractivity contribution in [2.45, 2.75) is 13.8 Å². The van der Waals surface area contributed by atoms with E-state index in [1.54, 1.807) is 6.08 Å². The Morgan fingerprint density at radius 2 is 1.92 bits per heavy atom. The Morgan fingerprint density at radius 3 is 2.52 bits per heavy atom. The lowest BCUT2D eigenvalue weighted by molar-refractivity contribution is 0.410. The molecule has 0 amide bonds. The Morgan fingerprint density at radius 1 is 1.24 bits per heavy atom. The van der Waals surface area contributed by atoms with Crippen LogP contribution in [-0.4, -0.2) is 25.0 Å². The molecule has 0 radical (unpaired) electrons. The molecule has 0 atom stereocenters. The second-order valence-corrected chi connectivity index (χ2v) is 6.70. The van der Waals surface area contributed by atoms with Crippen molar-refractivity contribution in [3.8, 4) is 5.88 Å². The van der Waals surface area contributed by atoms with Crippen LogP contribution in [-0.2, 0) is 14.1 Å². The molecule has 0 spiro atoms. The van der Waals surface area contributed by atoms with E-state index in [9.17, 15) is 14.7 Å². The zero-order chi connectivity index (χ0) is 18.7. The summed E-state index contributed by atoms with van der Waals surface area (Å²) >= 11 is 1.27. The van der Waals surface area contributed by atoms with Gasteiger partial charge in [-0.1, -0.05) is 12.1 Å². The molecule has 0 bridgehead atoms. The molecule has 0 aliphatic heterocycles. The van der Waals surface area contributed by atoms with Crippen molar-refractivity contribution < 1.29 is 5.11 Å². The maximum absolute atomic E-state index is 12.5. The van der Waals surface area contributed by atoms with Crippen LogP contribution in [0.3, 0.4) is 0 Å². The van der Waals surface area contributed by atoms with Gasteiger partial charge >= 0.3 is 5.69 Å². The number of rotatable bonds is 4. The first-order valence-corrected chi connectivity index (χ1v) is 8.65. The van der Waals surface area contributed by atoms with E-state index in [4.69, 9.17) is 0 Å². The van der Waals surface area contributed by atoms with Gasteiger partial charge in [-0.3, -0.25) is 13.9 Å². The molecule has 0 aliphatic rings. The lowest BCUT2D eigenvalue weighted by Gasteiger charge is -2.12. The summed E-state index contributed by atoms with van der Waals surface area (Å²) in [5.41, 5.74) is 1.72. The third kappa shape index (κ3) is 3.76. The molecule has 132 valence electrons. The third-order valence-electron chi connectivity index (χ3n) is 3.91. The predicted octanol–water partition coefficient (Wildman–Crippen LogP) is 2.40. The Labute approximate surface area is 150 Å². The van der Waals surface area contributed by atoms with Crippen LogP contribution >= 0.6 is 11.8 Å². The first-order valence-electron chi connectivity index (χ1n) is 7.67. The van der Waals surface area contributed by atoms with Crippen LogP contribution in [0.15, 0.2) is 45.4 Å². The lowest BCUT2D eigenvalue weighted by atomic mass is 10.1. The monoisotopic (exact) mass is 359 g/mol. The molecule has 0 aliphatic carbocycles. The fourth-order valence-corrected chi connectivity index (χ4v) is 3.00. The molecule has 1 N–H and O–H groups in total. The molecule has 6 nitrogen and oxygen atoms in total. The number of aromatic hydroxyl groups is 1. The van der Waals surface area contributed by atoms with Gasteiger partial charge in [-0.25, -0.2) is 9.79 Å². The van der Waals surface area contributed by atoms with Gasteiger partial charge in [-0.15, -0.1) is 18.3 Å². The summed E-state index contributed by atoms with van der Waals surface area (Å²) in [4.78, 5) is 29.0. The number of benzene rings is 1. The van der Waals surface area contributed by atoms with Crippen molar-refractivity contribution in [3.63, 3.8) is 0 Å². The number of hydrogen-bond donors (Lipinski definition) is 1. The zero-order valence-corrected chi connectivity index (χ0v) is 15.6. The Balaban J connectivity index is 2.72. The molecule has 1 aromatic carbocycles.